The summed E-state index contributed by atoms with van der Waals surface area (Å²) in [6.07, 6.45) is 19.8. The van der Waals surface area contributed by atoms with E-state index in [9.17, 15) is 9.46 Å². The SMILES string of the molecule is CCCCCCCCCCCCCCCCOP(=O)(O)OC(C)CN(CCCN(C)C)CCCN(C)C. The van der Waals surface area contributed by atoms with E-state index in [-0.39, 0.29) is 12.7 Å². The summed E-state index contributed by atoms with van der Waals surface area (Å²) in [4.78, 5) is 16.9. The highest BCUT2D eigenvalue weighted by molar-refractivity contribution is 7.47. The summed E-state index contributed by atoms with van der Waals surface area (Å²) in [5.41, 5.74) is 0. The quantitative estimate of drug-likeness (QED) is 0.0818. The first kappa shape index (κ1) is 37.0. The fraction of sp³-hybridized carbons (Fsp3) is 1.00. The van der Waals surface area contributed by atoms with Crippen LogP contribution in [0.4, 0.5) is 0 Å². The molecule has 0 rings (SSSR count). The van der Waals surface area contributed by atoms with Crippen molar-refractivity contribution in [3.63, 3.8) is 0 Å². The second kappa shape index (κ2) is 25.0. The third-order valence-corrected chi connectivity index (χ3v) is 7.88. The summed E-state index contributed by atoms with van der Waals surface area (Å²) in [5.74, 6) is 0. The van der Waals surface area contributed by atoms with Crippen LogP contribution in [0, 0.1) is 0 Å². The Bertz CT molecular complexity index is 523. The van der Waals surface area contributed by atoms with Gasteiger partial charge in [-0.25, -0.2) is 4.57 Å². The minimum Gasteiger partial charge on any atom is -0.309 e. The minimum absolute atomic E-state index is 0.286. The van der Waals surface area contributed by atoms with Crippen molar-refractivity contribution in [2.24, 2.45) is 0 Å². The number of hydrogen-bond acceptors (Lipinski definition) is 6. The van der Waals surface area contributed by atoms with Gasteiger partial charge in [-0.3, -0.25) is 9.05 Å². The van der Waals surface area contributed by atoms with E-state index in [1.54, 1.807) is 0 Å². The minimum atomic E-state index is -4.02. The average Bonchev–Trinajstić information content (AvgIpc) is 2.80. The average molecular weight is 550 g/mol. The molecule has 0 aromatic rings. The van der Waals surface area contributed by atoms with Gasteiger partial charge in [-0.2, -0.15) is 0 Å². The van der Waals surface area contributed by atoms with Crippen molar-refractivity contribution in [2.75, 3.05) is 67.5 Å². The van der Waals surface area contributed by atoms with Crippen molar-refractivity contribution in [1.29, 1.82) is 0 Å². The monoisotopic (exact) mass is 549 g/mol. The van der Waals surface area contributed by atoms with Gasteiger partial charge < -0.3 is 19.6 Å². The molecule has 0 spiro atoms. The summed E-state index contributed by atoms with van der Waals surface area (Å²) >= 11 is 0. The van der Waals surface area contributed by atoms with E-state index in [0.29, 0.717) is 6.54 Å². The van der Waals surface area contributed by atoms with Crippen LogP contribution < -0.4 is 0 Å². The van der Waals surface area contributed by atoms with Crippen LogP contribution in [0.2, 0.25) is 0 Å². The lowest BCUT2D eigenvalue weighted by atomic mass is 10.0. The van der Waals surface area contributed by atoms with Gasteiger partial charge in [0.05, 0.1) is 12.7 Å². The van der Waals surface area contributed by atoms with E-state index >= 15 is 0 Å². The molecular formula is C29H64N3O4P. The van der Waals surface area contributed by atoms with E-state index in [2.05, 4.69) is 49.8 Å². The number of phosphoric acid groups is 1. The summed E-state index contributed by atoms with van der Waals surface area (Å²) in [5, 5.41) is 0. The van der Waals surface area contributed by atoms with Crippen molar-refractivity contribution >= 4 is 7.82 Å². The van der Waals surface area contributed by atoms with Crippen molar-refractivity contribution in [2.45, 2.75) is 123 Å². The van der Waals surface area contributed by atoms with Crippen LogP contribution >= 0.6 is 7.82 Å². The summed E-state index contributed by atoms with van der Waals surface area (Å²) < 4.78 is 23.2. The van der Waals surface area contributed by atoms with Gasteiger partial charge in [-0.05, 0) is 80.6 Å². The maximum atomic E-state index is 12.4. The van der Waals surface area contributed by atoms with Crippen LogP contribution in [0.3, 0.4) is 0 Å². The summed E-state index contributed by atoms with van der Waals surface area (Å²) in [7, 11) is 4.31. The second-order valence-corrected chi connectivity index (χ2v) is 12.8. The Hall–Kier alpha value is -0.0100. The normalized spacial score (nSPS) is 14.6. The molecule has 0 aliphatic rings. The van der Waals surface area contributed by atoms with Crippen LogP contribution in [0.5, 0.6) is 0 Å². The smallest absolute Gasteiger partial charge is 0.309 e. The molecule has 7 nitrogen and oxygen atoms in total. The summed E-state index contributed by atoms with van der Waals surface area (Å²) in [6.45, 7) is 9.02. The Labute approximate surface area is 231 Å². The molecule has 0 saturated carbocycles. The molecule has 0 aromatic heterocycles. The molecule has 0 heterocycles. The highest BCUT2D eigenvalue weighted by Crippen LogP contribution is 2.44. The molecule has 0 aliphatic carbocycles. The predicted molar refractivity (Wildman–Crippen MR) is 159 cm³/mol. The Morgan fingerprint density at radius 1 is 0.649 bits per heavy atom. The fourth-order valence-corrected chi connectivity index (χ4v) is 5.59. The van der Waals surface area contributed by atoms with Crippen LogP contribution in [-0.2, 0) is 13.6 Å². The number of nitrogens with zero attached hydrogens (tertiary/aromatic N) is 3. The standard InChI is InChI=1S/C29H64N3O4P/c1-7-8-9-10-11-12-13-14-15-16-17-18-19-20-27-35-37(33,34)36-29(2)28-32(25-21-23-30(3)4)26-22-24-31(5)6/h29H,7-28H2,1-6H3,(H,33,34). The zero-order valence-corrected chi connectivity index (χ0v) is 26.5. The first-order valence-corrected chi connectivity index (χ1v) is 16.8. The zero-order valence-electron chi connectivity index (χ0n) is 25.6. The van der Waals surface area contributed by atoms with Gasteiger partial charge >= 0.3 is 7.82 Å². The molecule has 1 N–H and O–H groups in total. The Kier molecular flexibility index (Phi) is 25.0. The van der Waals surface area contributed by atoms with Gasteiger partial charge in [0.2, 0.25) is 0 Å². The predicted octanol–water partition coefficient (Wildman–Crippen LogP) is 7.20. The lowest BCUT2D eigenvalue weighted by Crippen LogP contribution is -2.36. The molecule has 8 heteroatoms. The van der Waals surface area contributed by atoms with Gasteiger partial charge in [0.15, 0.2) is 0 Å². The Morgan fingerprint density at radius 2 is 1.05 bits per heavy atom. The molecule has 0 fully saturated rings. The molecule has 2 unspecified atom stereocenters. The molecule has 0 bridgehead atoms. The molecule has 0 aliphatic heterocycles. The van der Waals surface area contributed by atoms with Crippen molar-refractivity contribution in [3.05, 3.63) is 0 Å². The maximum Gasteiger partial charge on any atom is 0.472 e. The van der Waals surface area contributed by atoms with E-state index in [4.69, 9.17) is 9.05 Å². The largest absolute Gasteiger partial charge is 0.472 e. The van der Waals surface area contributed by atoms with Crippen LogP contribution in [0.25, 0.3) is 0 Å². The van der Waals surface area contributed by atoms with E-state index in [0.717, 1.165) is 51.9 Å². The third-order valence-electron chi connectivity index (χ3n) is 6.74. The first-order valence-electron chi connectivity index (χ1n) is 15.3. The van der Waals surface area contributed by atoms with Crippen molar-refractivity contribution in [1.82, 2.24) is 14.7 Å². The highest BCUT2D eigenvalue weighted by atomic mass is 31.2. The molecule has 0 aromatic carbocycles. The molecule has 0 amide bonds. The van der Waals surface area contributed by atoms with Crippen LogP contribution in [0.1, 0.15) is 117 Å². The molecular weight excluding hydrogens is 485 g/mol. The molecule has 0 radical (unpaired) electrons. The molecule has 2 atom stereocenters. The third kappa shape index (κ3) is 27.4. The maximum absolute atomic E-state index is 12.4. The number of unbranched alkanes of at least 4 members (excludes halogenated alkanes) is 13. The van der Waals surface area contributed by atoms with Crippen LogP contribution in [0.15, 0.2) is 0 Å². The highest BCUT2D eigenvalue weighted by Gasteiger charge is 2.25. The Morgan fingerprint density at radius 3 is 1.46 bits per heavy atom. The van der Waals surface area contributed by atoms with Gasteiger partial charge in [-0.1, -0.05) is 90.4 Å². The van der Waals surface area contributed by atoms with Gasteiger partial charge in [0.1, 0.15) is 0 Å². The van der Waals surface area contributed by atoms with Gasteiger partial charge in [0, 0.05) is 6.54 Å². The molecule has 0 saturated heterocycles. The van der Waals surface area contributed by atoms with Crippen molar-refractivity contribution < 1.29 is 18.5 Å². The lowest BCUT2D eigenvalue weighted by Gasteiger charge is -2.27. The number of hydrogen-bond donors (Lipinski definition) is 1. The fourth-order valence-electron chi connectivity index (χ4n) is 4.65. The van der Waals surface area contributed by atoms with E-state index in [1.165, 1.54) is 77.0 Å². The topological polar surface area (TPSA) is 65.5 Å². The van der Waals surface area contributed by atoms with Crippen molar-refractivity contribution in [3.8, 4) is 0 Å². The Balaban J connectivity index is 3.92. The van der Waals surface area contributed by atoms with Crippen LogP contribution in [-0.4, -0.2) is 93.2 Å². The summed E-state index contributed by atoms with van der Waals surface area (Å²) in [6, 6.07) is 0. The number of rotatable bonds is 28. The molecule has 224 valence electrons. The zero-order chi connectivity index (χ0) is 27.8. The molecule has 37 heavy (non-hydrogen) atoms. The number of phosphoric ester groups is 1. The van der Waals surface area contributed by atoms with E-state index < -0.39 is 7.82 Å². The second-order valence-electron chi connectivity index (χ2n) is 11.4. The first-order chi connectivity index (χ1) is 17.7. The lowest BCUT2D eigenvalue weighted by molar-refractivity contribution is 0.0832. The van der Waals surface area contributed by atoms with Gasteiger partial charge in [0.25, 0.3) is 0 Å². The van der Waals surface area contributed by atoms with E-state index in [1.807, 2.05) is 6.92 Å². The van der Waals surface area contributed by atoms with Gasteiger partial charge in [-0.15, -0.1) is 0 Å².